The minimum Gasteiger partial charge on any atom is -0.444 e. The van der Waals surface area contributed by atoms with E-state index in [1.54, 1.807) is 4.90 Å². The lowest BCUT2D eigenvalue weighted by Crippen LogP contribution is -2.57. The van der Waals surface area contributed by atoms with E-state index in [9.17, 15) is 9.59 Å². The first-order chi connectivity index (χ1) is 14.2. The Bertz CT molecular complexity index is 833. The molecule has 2 aliphatic rings. The molecule has 0 N–H and O–H groups in total. The molecule has 2 amide bonds. The maximum Gasteiger partial charge on any atom is 0.495 e. The molecule has 1 aromatic carbocycles. The summed E-state index contributed by atoms with van der Waals surface area (Å²) in [7, 11) is -0.608. The molecule has 0 aliphatic carbocycles. The lowest BCUT2D eigenvalue weighted by atomic mass is 9.75. The number of carbonyl (C=O) groups excluding carboxylic acids is 2. The van der Waals surface area contributed by atoms with Gasteiger partial charge in [-0.15, -0.1) is 0 Å². The Kier molecular flexibility index (Phi) is 6.19. The number of hydrogen-bond acceptors (Lipinski definition) is 5. The third-order valence-corrected chi connectivity index (χ3v) is 6.24. The van der Waals surface area contributed by atoms with Crippen molar-refractivity contribution in [3.05, 3.63) is 29.8 Å². The second-order valence-electron chi connectivity index (χ2n) is 10.4. The number of rotatable bonds is 2. The summed E-state index contributed by atoms with van der Waals surface area (Å²) < 4.78 is 17.9. The number of hydrogen-bond donors (Lipinski definition) is 0. The highest BCUT2D eigenvalue weighted by molar-refractivity contribution is 6.63. The molecular formula is C23H35BN2O5. The Labute approximate surface area is 186 Å². The summed E-state index contributed by atoms with van der Waals surface area (Å²) in [6, 6.07) is 7.30. The predicted molar refractivity (Wildman–Crippen MR) is 120 cm³/mol. The number of amides is 2. The van der Waals surface area contributed by atoms with Crippen molar-refractivity contribution in [1.82, 2.24) is 9.80 Å². The first-order valence-corrected chi connectivity index (χ1v) is 11.0. The third kappa shape index (κ3) is 4.90. The van der Waals surface area contributed by atoms with Crippen LogP contribution in [0.1, 0.15) is 65.7 Å². The molecule has 0 unspecified atom stereocenters. The van der Waals surface area contributed by atoms with E-state index in [1.807, 2.05) is 84.6 Å². The highest BCUT2D eigenvalue weighted by Gasteiger charge is 2.52. The topological polar surface area (TPSA) is 68.3 Å². The fourth-order valence-electron chi connectivity index (χ4n) is 3.77. The van der Waals surface area contributed by atoms with Crippen LogP contribution in [0.2, 0.25) is 0 Å². The van der Waals surface area contributed by atoms with Crippen molar-refractivity contribution in [1.29, 1.82) is 0 Å². The van der Waals surface area contributed by atoms with Gasteiger partial charge < -0.3 is 23.8 Å². The number of piperazine rings is 1. The number of nitrogens with zero attached hydrogens (tertiary/aromatic N) is 2. The molecule has 0 radical (unpaired) electrons. The summed E-state index contributed by atoms with van der Waals surface area (Å²) in [4.78, 5) is 29.4. The standard InChI is InChI=1S/C23H35BN2O5/c1-16-15-25(20(28)29-21(2,3)4)13-14-26(16)19(27)17-11-9-10-12-18(17)24-30-22(5,6)23(7,8)31-24/h9-12,16H,13-15H2,1-8H3/t16-/m1/s1. The molecule has 170 valence electrons. The smallest absolute Gasteiger partial charge is 0.444 e. The van der Waals surface area contributed by atoms with E-state index >= 15 is 0 Å². The molecule has 0 saturated carbocycles. The van der Waals surface area contributed by atoms with Crippen LogP contribution in [0.25, 0.3) is 0 Å². The molecule has 2 fully saturated rings. The van der Waals surface area contributed by atoms with E-state index in [0.29, 0.717) is 25.2 Å². The first kappa shape index (κ1) is 23.6. The quantitative estimate of drug-likeness (QED) is 0.675. The molecule has 8 heteroatoms. The van der Waals surface area contributed by atoms with Crippen LogP contribution in [0.15, 0.2) is 24.3 Å². The highest BCUT2D eigenvalue weighted by atomic mass is 16.7. The second-order valence-corrected chi connectivity index (χ2v) is 10.4. The van der Waals surface area contributed by atoms with Crippen LogP contribution in [-0.2, 0) is 14.0 Å². The van der Waals surface area contributed by atoms with E-state index in [2.05, 4.69) is 0 Å². The van der Waals surface area contributed by atoms with E-state index < -0.39 is 23.9 Å². The van der Waals surface area contributed by atoms with E-state index in [1.165, 1.54) is 0 Å². The molecule has 7 nitrogen and oxygen atoms in total. The average Bonchev–Trinajstić information content (AvgIpc) is 2.87. The summed E-state index contributed by atoms with van der Waals surface area (Å²) in [6.45, 7) is 16.8. The van der Waals surface area contributed by atoms with Crippen LogP contribution in [-0.4, -0.2) is 71.4 Å². The van der Waals surface area contributed by atoms with Gasteiger partial charge in [-0.2, -0.15) is 0 Å². The third-order valence-electron chi connectivity index (χ3n) is 6.24. The van der Waals surface area contributed by atoms with Gasteiger partial charge in [0.15, 0.2) is 0 Å². The summed E-state index contributed by atoms with van der Waals surface area (Å²) in [6.07, 6.45) is -0.343. The molecule has 3 rings (SSSR count). The van der Waals surface area contributed by atoms with E-state index in [-0.39, 0.29) is 18.0 Å². The zero-order valence-electron chi connectivity index (χ0n) is 20.0. The predicted octanol–water partition coefficient (Wildman–Crippen LogP) is 3.07. The Morgan fingerprint density at radius 3 is 2.19 bits per heavy atom. The first-order valence-electron chi connectivity index (χ1n) is 11.0. The number of carbonyl (C=O) groups is 2. The molecule has 2 heterocycles. The molecule has 2 aliphatic heterocycles. The summed E-state index contributed by atoms with van der Waals surface area (Å²) in [5.41, 5.74) is -0.221. The highest BCUT2D eigenvalue weighted by Crippen LogP contribution is 2.36. The van der Waals surface area contributed by atoms with Gasteiger partial charge in [0.2, 0.25) is 0 Å². The minimum absolute atomic E-state index is 0.0818. The van der Waals surface area contributed by atoms with Gasteiger partial charge in [0.05, 0.1) is 11.2 Å². The van der Waals surface area contributed by atoms with Gasteiger partial charge in [0, 0.05) is 31.2 Å². The number of benzene rings is 1. The Morgan fingerprint density at radius 2 is 1.65 bits per heavy atom. The van der Waals surface area contributed by atoms with Gasteiger partial charge in [-0.3, -0.25) is 4.79 Å². The monoisotopic (exact) mass is 430 g/mol. The van der Waals surface area contributed by atoms with Crippen LogP contribution in [0.3, 0.4) is 0 Å². The van der Waals surface area contributed by atoms with Crippen LogP contribution >= 0.6 is 0 Å². The maximum atomic E-state index is 13.5. The Hall–Kier alpha value is -2.06. The van der Waals surface area contributed by atoms with Crippen molar-refractivity contribution in [3.8, 4) is 0 Å². The lowest BCUT2D eigenvalue weighted by molar-refractivity contribution is 0.00578. The average molecular weight is 430 g/mol. The zero-order valence-corrected chi connectivity index (χ0v) is 20.0. The van der Waals surface area contributed by atoms with Gasteiger partial charge in [-0.05, 0) is 66.9 Å². The van der Waals surface area contributed by atoms with Crippen molar-refractivity contribution < 1.29 is 23.6 Å². The maximum absolute atomic E-state index is 13.5. The molecule has 0 aromatic heterocycles. The molecule has 0 spiro atoms. The summed E-state index contributed by atoms with van der Waals surface area (Å²) in [5, 5.41) is 0. The van der Waals surface area contributed by atoms with Gasteiger partial charge >= 0.3 is 13.2 Å². The van der Waals surface area contributed by atoms with Crippen molar-refractivity contribution in [2.45, 2.75) is 78.2 Å². The summed E-state index contributed by atoms with van der Waals surface area (Å²) >= 11 is 0. The zero-order chi connectivity index (χ0) is 23.2. The van der Waals surface area contributed by atoms with E-state index in [0.717, 1.165) is 5.46 Å². The van der Waals surface area contributed by atoms with Crippen LogP contribution < -0.4 is 5.46 Å². The van der Waals surface area contributed by atoms with Crippen LogP contribution in [0, 0.1) is 0 Å². The van der Waals surface area contributed by atoms with Crippen molar-refractivity contribution >= 4 is 24.6 Å². The minimum atomic E-state index is -0.608. The second kappa shape index (κ2) is 8.13. The molecule has 1 aromatic rings. The largest absolute Gasteiger partial charge is 0.495 e. The van der Waals surface area contributed by atoms with Gasteiger partial charge in [0.25, 0.3) is 5.91 Å². The van der Waals surface area contributed by atoms with Crippen molar-refractivity contribution in [2.24, 2.45) is 0 Å². The normalized spacial score (nSPS) is 23.1. The Balaban J connectivity index is 1.76. The number of ether oxygens (including phenoxy) is 1. The van der Waals surface area contributed by atoms with Crippen molar-refractivity contribution in [2.75, 3.05) is 19.6 Å². The molecular weight excluding hydrogens is 395 g/mol. The van der Waals surface area contributed by atoms with Gasteiger partial charge in [-0.1, -0.05) is 18.2 Å². The molecule has 2 saturated heterocycles. The SMILES string of the molecule is C[C@@H]1CN(C(=O)OC(C)(C)C)CCN1C(=O)c1ccccc1B1OC(C)(C)C(C)(C)O1. The van der Waals surface area contributed by atoms with E-state index in [4.69, 9.17) is 14.0 Å². The van der Waals surface area contributed by atoms with Crippen LogP contribution in [0.4, 0.5) is 4.79 Å². The molecule has 0 bridgehead atoms. The summed E-state index contributed by atoms with van der Waals surface area (Å²) in [5.74, 6) is -0.0818. The molecule has 1 atom stereocenters. The fourth-order valence-corrected chi connectivity index (χ4v) is 3.77. The fraction of sp³-hybridized carbons (Fsp3) is 0.652. The van der Waals surface area contributed by atoms with Crippen LogP contribution in [0.5, 0.6) is 0 Å². The Morgan fingerprint density at radius 1 is 1.06 bits per heavy atom. The lowest BCUT2D eigenvalue weighted by Gasteiger charge is -2.40. The van der Waals surface area contributed by atoms with Gasteiger partial charge in [-0.25, -0.2) is 4.79 Å². The van der Waals surface area contributed by atoms with Gasteiger partial charge in [0.1, 0.15) is 5.60 Å². The van der Waals surface area contributed by atoms with Crippen molar-refractivity contribution in [3.63, 3.8) is 0 Å². The molecule has 31 heavy (non-hydrogen) atoms.